The van der Waals surface area contributed by atoms with Crippen LogP contribution in [0.3, 0.4) is 0 Å². The molecule has 2 amide bonds. The Bertz CT molecular complexity index is 734. The molecule has 0 bridgehead atoms. The zero-order chi connectivity index (χ0) is 20.5. The third kappa shape index (κ3) is 5.01. The number of hydrogen-bond donors (Lipinski definition) is 1. The van der Waals surface area contributed by atoms with Crippen molar-refractivity contribution in [2.75, 3.05) is 5.75 Å². The quantitative estimate of drug-likeness (QED) is 0.764. The minimum absolute atomic E-state index is 0.00419. The highest BCUT2D eigenvalue weighted by Gasteiger charge is 2.46. The summed E-state index contributed by atoms with van der Waals surface area (Å²) < 4.78 is 38.5. The van der Waals surface area contributed by atoms with Gasteiger partial charge in [-0.3, -0.25) is 9.59 Å². The first-order valence-corrected chi connectivity index (χ1v) is 10.6. The minimum atomic E-state index is -4.42. The highest BCUT2D eigenvalue weighted by atomic mass is 32.2. The van der Waals surface area contributed by atoms with Gasteiger partial charge in [-0.25, -0.2) is 0 Å². The standard InChI is InChI=1S/C20H25F3N2O2S/c1-12(2)8-17-25(19(27)14-6-7-14)16(11-28-17)18(26)24-10-13-4-3-5-15(9-13)20(21,22)23/h3-5,9,12,14,16-17H,6-8,10-11H2,1-2H3,(H,24,26). The molecule has 28 heavy (non-hydrogen) atoms. The number of amides is 2. The fourth-order valence-corrected chi connectivity index (χ4v) is 5.00. The molecule has 0 radical (unpaired) electrons. The molecular weight excluding hydrogens is 389 g/mol. The lowest BCUT2D eigenvalue weighted by molar-refractivity contribution is -0.141. The first kappa shape index (κ1) is 21.0. The van der Waals surface area contributed by atoms with E-state index in [0.29, 0.717) is 17.2 Å². The van der Waals surface area contributed by atoms with Crippen LogP contribution in [0.15, 0.2) is 24.3 Å². The lowest BCUT2D eigenvalue weighted by Crippen LogP contribution is -2.50. The van der Waals surface area contributed by atoms with Crippen molar-refractivity contribution in [3.63, 3.8) is 0 Å². The molecule has 1 aliphatic heterocycles. The number of benzene rings is 1. The number of nitrogens with zero attached hydrogens (tertiary/aromatic N) is 1. The average molecular weight is 414 g/mol. The topological polar surface area (TPSA) is 49.4 Å². The zero-order valence-electron chi connectivity index (χ0n) is 16.0. The van der Waals surface area contributed by atoms with Crippen LogP contribution in [-0.4, -0.2) is 33.9 Å². The molecule has 1 aromatic rings. The van der Waals surface area contributed by atoms with Crippen molar-refractivity contribution in [1.29, 1.82) is 0 Å². The van der Waals surface area contributed by atoms with E-state index in [1.54, 1.807) is 22.7 Å². The van der Waals surface area contributed by atoms with E-state index in [2.05, 4.69) is 19.2 Å². The third-order valence-electron chi connectivity index (χ3n) is 4.97. The molecule has 1 saturated heterocycles. The third-order valence-corrected chi connectivity index (χ3v) is 6.28. The Balaban J connectivity index is 1.66. The molecule has 1 heterocycles. The van der Waals surface area contributed by atoms with Crippen LogP contribution in [0.25, 0.3) is 0 Å². The first-order chi connectivity index (χ1) is 13.2. The van der Waals surface area contributed by atoms with Crippen molar-refractivity contribution in [2.24, 2.45) is 11.8 Å². The number of thioether (sulfide) groups is 1. The zero-order valence-corrected chi connectivity index (χ0v) is 16.8. The Hall–Kier alpha value is -1.70. The summed E-state index contributed by atoms with van der Waals surface area (Å²) in [4.78, 5) is 27.2. The second-order valence-electron chi connectivity index (χ2n) is 7.87. The Kier molecular flexibility index (Phi) is 6.27. The number of carbonyl (C=O) groups excluding carboxylic acids is 2. The molecule has 1 aliphatic carbocycles. The molecule has 0 aromatic heterocycles. The summed E-state index contributed by atoms with van der Waals surface area (Å²) >= 11 is 1.61. The highest BCUT2D eigenvalue weighted by Crippen LogP contribution is 2.39. The molecule has 154 valence electrons. The Morgan fingerprint density at radius 3 is 2.61 bits per heavy atom. The monoisotopic (exact) mass is 414 g/mol. The summed E-state index contributed by atoms with van der Waals surface area (Å²) in [5.74, 6) is 0.677. The van der Waals surface area contributed by atoms with Crippen LogP contribution in [0.1, 0.15) is 44.2 Å². The van der Waals surface area contributed by atoms with Gasteiger partial charge in [0.25, 0.3) is 0 Å². The van der Waals surface area contributed by atoms with E-state index in [4.69, 9.17) is 0 Å². The van der Waals surface area contributed by atoms with Crippen molar-refractivity contribution in [3.05, 3.63) is 35.4 Å². The molecule has 1 aromatic carbocycles. The lowest BCUT2D eigenvalue weighted by atomic mass is 10.1. The van der Waals surface area contributed by atoms with Gasteiger partial charge in [0.1, 0.15) is 6.04 Å². The lowest BCUT2D eigenvalue weighted by Gasteiger charge is -2.30. The number of carbonyl (C=O) groups is 2. The number of halogens is 3. The van der Waals surface area contributed by atoms with E-state index in [1.807, 2.05) is 0 Å². The Morgan fingerprint density at radius 2 is 2.00 bits per heavy atom. The number of rotatable bonds is 6. The van der Waals surface area contributed by atoms with Gasteiger partial charge in [0.15, 0.2) is 0 Å². The molecule has 0 spiro atoms. The van der Waals surface area contributed by atoms with Crippen molar-refractivity contribution in [3.8, 4) is 0 Å². The normalized spacial score (nSPS) is 22.6. The second kappa shape index (κ2) is 8.35. The molecule has 2 atom stereocenters. The van der Waals surface area contributed by atoms with Gasteiger partial charge in [-0.2, -0.15) is 13.2 Å². The molecule has 1 N–H and O–H groups in total. The van der Waals surface area contributed by atoms with E-state index >= 15 is 0 Å². The van der Waals surface area contributed by atoms with Crippen LogP contribution in [0, 0.1) is 11.8 Å². The van der Waals surface area contributed by atoms with Gasteiger partial charge in [0.2, 0.25) is 11.8 Å². The molecule has 8 heteroatoms. The number of hydrogen-bond acceptors (Lipinski definition) is 3. The van der Waals surface area contributed by atoms with Crippen LogP contribution >= 0.6 is 11.8 Å². The predicted molar refractivity (Wildman–Crippen MR) is 102 cm³/mol. The van der Waals surface area contributed by atoms with Crippen LogP contribution in [0.2, 0.25) is 0 Å². The van der Waals surface area contributed by atoms with Crippen molar-refractivity contribution < 1.29 is 22.8 Å². The summed E-state index contributed by atoms with van der Waals surface area (Å²) in [6, 6.07) is 4.36. The minimum Gasteiger partial charge on any atom is -0.350 e. The molecule has 2 fully saturated rings. The summed E-state index contributed by atoms with van der Waals surface area (Å²) in [6.45, 7) is 4.17. The van der Waals surface area contributed by atoms with E-state index in [0.717, 1.165) is 31.4 Å². The van der Waals surface area contributed by atoms with E-state index in [-0.39, 0.29) is 29.7 Å². The summed E-state index contributed by atoms with van der Waals surface area (Å²) in [7, 11) is 0. The SMILES string of the molecule is CC(C)CC1SCC(C(=O)NCc2cccc(C(F)(F)F)c2)N1C(=O)C1CC1. The van der Waals surface area contributed by atoms with Gasteiger partial charge in [-0.05, 0) is 42.9 Å². The van der Waals surface area contributed by atoms with E-state index in [1.165, 1.54) is 6.07 Å². The average Bonchev–Trinajstić information content (AvgIpc) is 3.39. The summed E-state index contributed by atoms with van der Waals surface area (Å²) in [6.07, 6.45) is -1.86. The van der Waals surface area contributed by atoms with Crippen LogP contribution in [-0.2, 0) is 22.3 Å². The van der Waals surface area contributed by atoms with E-state index in [9.17, 15) is 22.8 Å². The molecule has 3 rings (SSSR count). The maximum absolute atomic E-state index is 12.8. The van der Waals surface area contributed by atoms with E-state index < -0.39 is 17.8 Å². The van der Waals surface area contributed by atoms with Crippen molar-refractivity contribution in [2.45, 2.75) is 57.2 Å². The number of alkyl halides is 3. The van der Waals surface area contributed by atoms with Crippen LogP contribution in [0.5, 0.6) is 0 Å². The smallest absolute Gasteiger partial charge is 0.350 e. The van der Waals surface area contributed by atoms with Crippen LogP contribution < -0.4 is 5.32 Å². The van der Waals surface area contributed by atoms with Gasteiger partial charge in [0, 0.05) is 18.2 Å². The predicted octanol–water partition coefficient (Wildman–Crippen LogP) is 4.05. The Labute approximate surface area is 167 Å². The molecule has 1 saturated carbocycles. The van der Waals surface area contributed by atoms with Gasteiger partial charge in [-0.1, -0.05) is 26.0 Å². The Morgan fingerprint density at radius 1 is 1.29 bits per heavy atom. The fourth-order valence-electron chi connectivity index (χ4n) is 3.35. The van der Waals surface area contributed by atoms with Crippen molar-refractivity contribution >= 4 is 23.6 Å². The molecule has 2 unspecified atom stereocenters. The second-order valence-corrected chi connectivity index (χ2v) is 9.08. The maximum atomic E-state index is 12.8. The van der Waals surface area contributed by atoms with Crippen molar-refractivity contribution in [1.82, 2.24) is 10.2 Å². The highest BCUT2D eigenvalue weighted by molar-refractivity contribution is 8.00. The molecule has 2 aliphatic rings. The van der Waals surface area contributed by atoms with Gasteiger partial charge < -0.3 is 10.2 Å². The number of nitrogens with one attached hydrogen (secondary N) is 1. The molecule has 4 nitrogen and oxygen atoms in total. The fraction of sp³-hybridized carbons (Fsp3) is 0.600. The first-order valence-electron chi connectivity index (χ1n) is 9.54. The van der Waals surface area contributed by atoms with Crippen LogP contribution in [0.4, 0.5) is 13.2 Å². The maximum Gasteiger partial charge on any atom is 0.416 e. The summed E-state index contributed by atoms with van der Waals surface area (Å²) in [5.41, 5.74) is -0.356. The largest absolute Gasteiger partial charge is 0.416 e. The summed E-state index contributed by atoms with van der Waals surface area (Å²) in [5, 5.41) is 2.71. The molecular formula is C20H25F3N2O2S. The van der Waals surface area contributed by atoms with Gasteiger partial charge >= 0.3 is 6.18 Å². The van der Waals surface area contributed by atoms with Gasteiger partial charge in [-0.15, -0.1) is 11.8 Å². The van der Waals surface area contributed by atoms with Gasteiger partial charge in [0.05, 0.1) is 10.9 Å².